The molecule has 21 heavy (non-hydrogen) atoms. The normalized spacial score (nSPS) is 16.8. The second kappa shape index (κ2) is 6.11. The molecule has 1 aromatic carbocycles. The van der Waals surface area contributed by atoms with E-state index in [1.54, 1.807) is 0 Å². The Labute approximate surface area is 125 Å². The summed E-state index contributed by atoms with van der Waals surface area (Å²) in [4.78, 5) is 7.09. The predicted octanol–water partition coefficient (Wildman–Crippen LogP) is 3.00. The number of fused-ring (bicyclic) bond motifs is 1. The van der Waals surface area contributed by atoms with Crippen LogP contribution in [0.4, 0.5) is 5.82 Å². The molecule has 0 bridgehead atoms. The zero-order valence-corrected chi connectivity index (χ0v) is 12.3. The summed E-state index contributed by atoms with van der Waals surface area (Å²) in [7, 11) is 0. The Morgan fingerprint density at radius 3 is 2.81 bits per heavy atom. The zero-order valence-electron chi connectivity index (χ0n) is 12.3. The Kier molecular flexibility index (Phi) is 4.03. The van der Waals surface area contributed by atoms with Crippen LogP contribution >= 0.6 is 0 Å². The lowest BCUT2D eigenvalue weighted by molar-refractivity contribution is 0.229. The standard InChI is InChI=1S/C17H20N4/c1-2-21-9-7-15(8-10-21)19-17-14(12-18)11-13-5-3-4-6-16(13)20-17/h3-6,11,15H,2,7-10H2,1H3,(H,19,20). The fraction of sp³-hybridized carbons (Fsp3) is 0.412. The van der Waals surface area contributed by atoms with Crippen molar-refractivity contribution in [2.45, 2.75) is 25.8 Å². The van der Waals surface area contributed by atoms with E-state index in [1.807, 2.05) is 30.3 Å². The van der Waals surface area contributed by atoms with Gasteiger partial charge in [-0.25, -0.2) is 4.98 Å². The van der Waals surface area contributed by atoms with Gasteiger partial charge in [0, 0.05) is 24.5 Å². The highest BCUT2D eigenvalue weighted by atomic mass is 15.1. The third kappa shape index (κ3) is 2.98. The Balaban J connectivity index is 1.82. The summed E-state index contributed by atoms with van der Waals surface area (Å²) in [5.41, 5.74) is 1.57. The van der Waals surface area contributed by atoms with E-state index in [-0.39, 0.29) is 0 Å². The van der Waals surface area contributed by atoms with Crippen molar-refractivity contribution in [3.8, 4) is 6.07 Å². The minimum Gasteiger partial charge on any atom is -0.366 e. The summed E-state index contributed by atoms with van der Waals surface area (Å²) in [6.45, 7) is 5.55. The van der Waals surface area contributed by atoms with Crippen LogP contribution in [0.1, 0.15) is 25.3 Å². The van der Waals surface area contributed by atoms with E-state index in [1.165, 1.54) is 0 Å². The van der Waals surface area contributed by atoms with Crippen molar-refractivity contribution in [2.75, 3.05) is 25.0 Å². The average molecular weight is 280 g/mol. The van der Waals surface area contributed by atoms with Crippen LogP contribution in [-0.4, -0.2) is 35.6 Å². The molecule has 0 saturated carbocycles. The van der Waals surface area contributed by atoms with Crippen LogP contribution in [0.25, 0.3) is 10.9 Å². The van der Waals surface area contributed by atoms with Crippen molar-refractivity contribution < 1.29 is 0 Å². The minimum absolute atomic E-state index is 0.411. The van der Waals surface area contributed by atoms with Crippen molar-refractivity contribution >= 4 is 16.7 Å². The number of anilines is 1. The third-order valence-electron chi connectivity index (χ3n) is 4.22. The number of aromatic nitrogens is 1. The van der Waals surface area contributed by atoms with Crippen LogP contribution in [0, 0.1) is 11.3 Å². The van der Waals surface area contributed by atoms with Crippen LogP contribution in [0.5, 0.6) is 0 Å². The number of nitrogens with one attached hydrogen (secondary N) is 1. The molecule has 1 N–H and O–H groups in total. The highest BCUT2D eigenvalue weighted by Gasteiger charge is 2.19. The minimum atomic E-state index is 0.411. The third-order valence-corrected chi connectivity index (χ3v) is 4.22. The first-order valence-electron chi connectivity index (χ1n) is 7.59. The number of rotatable bonds is 3. The predicted molar refractivity (Wildman–Crippen MR) is 85.2 cm³/mol. The molecular weight excluding hydrogens is 260 g/mol. The van der Waals surface area contributed by atoms with E-state index in [0.29, 0.717) is 11.6 Å². The SMILES string of the molecule is CCN1CCC(Nc2nc3ccccc3cc2C#N)CC1. The molecule has 1 saturated heterocycles. The van der Waals surface area contributed by atoms with Gasteiger partial charge in [0.25, 0.3) is 0 Å². The Morgan fingerprint density at radius 2 is 2.10 bits per heavy atom. The van der Waals surface area contributed by atoms with Crippen LogP contribution in [0.2, 0.25) is 0 Å². The lowest BCUT2D eigenvalue weighted by atomic mass is 10.0. The van der Waals surface area contributed by atoms with Gasteiger partial charge in [-0.1, -0.05) is 25.1 Å². The molecule has 2 aromatic rings. The van der Waals surface area contributed by atoms with Gasteiger partial charge in [-0.2, -0.15) is 5.26 Å². The molecule has 3 rings (SSSR count). The van der Waals surface area contributed by atoms with Crippen LogP contribution in [-0.2, 0) is 0 Å². The molecule has 0 aliphatic carbocycles. The summed E-state index contributed by atoms with van der Waals surface area (Å²) >= 11 is 0. The maximum Gasteiger partial charge on any atom is 0.144 e. The van der Waals surface area contributed by atoms with Gasteiger partial charge in [-0.15, -0.1) is 0 Å². The van der Waals surface area contributed by atoms with Gasteiger partial charge in [0.15, 0.2) is 0 Å². The highest BCUT2D eigenvalue weighted by molar-refractivity contribution is 5.82. The van der Waals surface area contributed by atoms with Gasteiger partial charge >= 0.3 is 0 Å². The van der Waals surface area contributed by atoms with Crippen molar-refractivity contribution in [2.24, 2.45) is 0 Å². The fourth-order valence-electron chi connectivity index (χ4n) is 2.90. The van der Waals surface area contributed by atoms with Gasteiger partial charge in [-0.05, 0) is 31.5 Å². The summed E-state index contributed by atoms with van der Waals surface area (Å²) in [5, 5.41) is 13.8. The number of hydrogen-bond acceptors (Lipinski definition) is 4. The monoisotopic (exact) mass is 280 g/mol. The largest absolute Gasteiger partial charge is 0.366 e. The Hall–Kier alpha value is -2.12. The summed E-state index contributed by atoms with van der Waals surface area (Å²) in [5.74, 6) is 0.728. The molecule has 0 amide bonds. The summed E-state index contributed by atoms with van der Waals surface area (Å²) in [6.07, 6.45) is 2.21. The lowest BCUT2D eigenvalue weighted by Crippen LogP contribution is -2.39. The maximum absolute atomic E-state index is 9.35. The zero-order chi connectivity index (χ0) is 14.7. The van der Waals surface area contributed by atoms with E-state index >= 15 is 0 Å². The van der Waals surface area contributed by atoms with Crippen molar-refractivity contribution in [3.63, 3.8) is 0 Å². The molecule has 108 valence electrons. The second-order valence-electron chi connectivity index (χ2n) is 5.54. The molecule has 1 aliphatic rings. The fourth-order valence-corrected chi connectivity index (χ4v) is 2.90. The number of para-hydroxylation sites is 1. The molecule has 4 heteroatoms. The van der Waals surface area contributed by atoms with Gasteiger partial charge in [-0.3, -0.25) is 0 Å². The Morgan fingerprint density at radius 1 is 1.33 bits per heavy atom. The molecule has 1 aliphatic heterocycles. The van der Waals surface area contributed by atoms with Crippen molar-refractivity contribution in [1.29, 1.82) is 5.26 Å². The number of nitrogens with zero attached hydrogens (tertiary/aromatic N) is 3. The molecule has 1 aromatic heterocycles. The molecule has 0 unspecified atom stereocenters. The number of nitriles is 1. The average Bonchev–Trinajstić information content (AvgIpc) is 2.55. The van der Waals surface area contributed by atoms with Crippen molar-refractivity contribution in [3.05, 3.63) is 35.9 Å². The second-order valence-corrected chi connectivity index (χ2v) is 5.54. The molecule has 0 atom stereocenters. The molecule has 0 spiro atoms. The van der Waals surface area contributed by atoms with Crippen molar-refractivity contribution in [1.82, 2.24) is 9.88 Å². The number of benzene rings is 1. The molecule has 0 radical (unpaired) electrons. The summed E-state index contributed by atoms with van der Waals surface area (Å²) < 4.78 is 0. The first kappa shape index (κ1) is 13.8. The maximum atomic E-state index is 9.35. The van der Waals surface area contributed by atoms with Crippen LogP contribution in [0.15, 0.2) is 30.3 Å². The Bertz CT molecular complexity index is 666. The summed E-state index contributed by atoms with van der Waals surface area (Å²) in [6, 6.07) is 12.5. The highest BCUT2D eigenvalue weighted by Crippen LogP contribution is 2.22. The van der Waals surface area contributed by atoms with Crippen LogP contribution < -0.4 is 5.32 Å². The number of piperidine rings is 1. The topological polar surface area (TPSA) is 52.0 Å². The van der Waals surface area contributed by atoms with Gasteiger partial charge in [0.05, 0.1) is 11.1 Å². The van der Waals surface area contributed by atoms with Crippen LogP contribution in [0.3, 0.4) is 0 Å². The smallest absolute Gasteiger partial charge is 0.144 e. The molecular formula is C17H20N4. The van der Waals surface area contributed by atoms with Gasteiger partial charge in [0.1, 0.15) is 11.9 Å². The van der Waals surface area contributed by atoms with E-state index in [0.717, 1.165) is 49.2 Å². The van der Waals surface area contributed by atoms with E-state index in [9.17, 15) is 5.26 Å². The van der Waals surface area contributed by atoms with E-state index < -0.39 is 0 Å². The molecule has 4 nitrogen and oxygen atoms in total. The first-order valence-corrected chi connectivity index (χ1v) is 7.59. The number of likely N-dealkylation sites (tertiary alicyclic amines) is 1. The first-order chi connectivity index (χ1) is 10.3. The van der Waals surface area contributed by atoms with E-state index in [4.69, 9.17) is 0 Å². The number of pyridine rings is 1. The quantitative estimate of drug-likeness (QED) is 0.939. The van der Waals surface area contributed by atoms with E-state index in [2.05, 4.69) is 28.2 Å². The molecule has 1 fully saturated rings. The lowest BCUT2D eigenvalue weighted by Gasteiger charge is -2.31. The number of hydrogen-bond donors (Lipinski definition) is 1. The van der Waals surface area contributed by atoms with Gasteiger partial charge in [0.2, 0.25) is 0 Å². The molecule has 2 heterocycles. The van der Waals surface area contributed by atoms with Gasteiger partial charge < -0.3 is 10.2 Å².